The van der Waals surface area contributed by atoms with Crippen LogP contribution in [0.2, 0.25) is 5.02 Å². The van der Waals surface area contributed by atoms with Gasteiger partial charge >= 0.3 is 0 Å². The number of halogens is 3. The SMILES string of the molecule is O=C(NNC(=O)c1cc(Cl)ccc1F)c1ccccc1F. The van der Waals surface area contributed by atoms with Gasteiger partial charge in [-0.2, -0.15) is 0 Å². The van der Waals surface area contributed by atoms with Gasteiger partial charge in [0.25, 0.3) is 11.8 Å². The molecule has 0 aliphatic carbocycles. The van der Waals surface area contributed by atoms with Crippen LogP contribution in [0.5, 0.6) is 0 Å². The molecule has 2 rings (SSSR count). The van der Waals surface area contributed by atoms with Crippen molar-refractivity contribution in [2.75, 3.05) is 0 Å². The van der Waals surface area contributed by atoms with Gasteiger partial charge in [-0.3, -0.25) is 20.4 Å². The predicted molar refractivity (Wildman–Crippen MR) is 72.7 cm³/mol. The van der Waals surface area contributed by atoms with Crippen molar-refractivity contribution in [3.63, 3.8) is 0 Å². The van der Waals surface area contributed by atoms with E-state index in [1.165, 1.54) is 24.3 Å². The maximum Gasteiger partial charge on any atom is 0.272 e. The molecule has 0 unspecified atom stereocenters. The molecule has 7 heteroatoms. The summed E-state index contributed by atoms with van der Waals surface area (Å²) in [7, 11) is 0. The molecule has 0 aliphatic heterocycles. The molecule has 2 aromatic carbocycles. The average Bonchev–Trinajstić information content (AvgIpc) is 2.47. The van der Waals surface area contributed by atoms with Crippen molar-refractivity contribution in [3.8, 4) is 0 Å². The molecule has 0 spiro atoms. The summed E-state index contributed by atoms with van der Waals surface area (Å²) in [6.45, 7) is 0. The van der Waals surface area contributed by atoms with Crippen LogP contribution in [0, 0.1) is 11.6 Å². The highest BCUT2D eigenvalue weighted by molar-refractivity contribution is 6.31. The molecule has 108 valence electrons. The molecule has 0 saturated heterocycles. The fraction of sp³-hybridized carbons (Fsp3) is 0. The first-order chi connectivity index (χ1) is 9.99. The van der Waals surface area contributed by atoms with Gasteiger partial charge in [0, 0.05) is 5.02 Å². The lowest BCUT2D eigenvalue weighted by Gasteiger charge is -2.08. The van der Waals surface area contributed by atoms with Crippen LogP contribution in [0.3, 0.4) is 0 Å². The number of hydrogen-bond acceptors (Lipinski definition) is 2. The maximum absolute atomic E-state index is 13.4. The molecule has 0 radical (unpaired) electrons. The fourth-order valence-electron chi connectivity index (χ4n) is 1.57. The monoisotopic (exact) mass is 310 g/mol. The zero-order valence-corrected chi connectivity index (χ0v) is 11.2. The second-order valence-corrected chi connectivity index (χ2v) is 4.45. The van der Waals surface area contributed by atoms with Crippen molar-refractivity contribution in [3.05, 3.63) is 70.2 Å². The van der Waals surface area contributed by atoms with Crippen molar-refractivity contribution in [2.24, 2.45) is 0 Å². The molecule has 2 amide bonds. The minimum absolute atomic E-state index is 0.169. The van der Waals surface area contributed by atoms with Crippen molar-refractivity contribution in [1.29, 1.82) is 0 Å². The second-order valence-electron chi connectivity index (χ2n) is 4.01. The Balaban J connectivity index is 2.06. The molecule has 0 heterocycles. The number of benzene rings is 2. The number of rotatable bonds is 2. The summed E-state index contributed by atoms with van der Waals surface area (Å²) in [5, 5.41) is 0.169. The second kappa shape index (κ2) is 6.32. The van der Waals surface area contributed by atoms with Crippen LogP contribution >= 0.6 is 11.6 Å². The molecule has 0 bridgehead atoms. The van der Waals surface area contributed by atoms with E-state index < -0.39 is 23.4 Å². The van der Waals surface area contributed by atoms with Crippen molar-refractivity contribution in [1.82, 2.24) is 10.9 Å². The summed E-state index contributed by atoms with van der Waals surface area (Å²) >= 11 is 5.66. The molecule has 2 N–H and O–H groups in total. The zero-order valence-electron chi connectivity index (χ0n) is 10.5. The lowest BCUT2D eigenvalue weighted by molar-refractivity contribution is 0.0842. The zero-order chi connectivity index (χ0) is 15.4. The van der Waals surface area contributed by atoms with Crippen LogP contribution in [0.15, 0.2) is 42.5 Å². The molecule has 2 aromatic rings. The number of nitrogens with one attached hydrogen (secondary N) is 2. The lowest BCUT2D eigenvalue weighted by atomic mass is 10.2. The van der Waals surface area contributed by atoms with E-state index in [4.69, 9.17) is 11.6 Å². The van der Waals surface area contributed by atoms with Crippen LogP contribution in [0.1, 0.15) is 20.7 Å². The van der Waals surface area contributed by atoms with Crippen LogP contribution in [0.4, 0.5) is 8.78 Å². The van der Waals surface area contributed by atoms with E-state index >= 15 is 0 Å². The van der Waals surface area contributed by atoms with E-state index in [2.05, 4.69) is 0 Å². The largest absolute Gasteiger partial charge is 0.272 e. The molecule has 4 nitrogen and oxygen atoms in total. The smallest absolute Gasteiger partial charge is 0.267 e. The first-order valence-corrected chi connectivity index (χ1v) is 6.17. The lowest BCUT2D eigenvalue weighted by Crippen LogP contribution is -2.42. The normalized spacial score (nSPS) is 10.0. The number of hydrogen-bond donors (Lipinski definition) is 2. The Morgan fingerprint density at radius 2 is 1.43 bits per heavy atom. The van der Waals surface area contributed by atoms with Gasteiger partial charge in [-0.25, -0.2) is 8.78 Å². The summed E-state index contributed by atoms with van der Waals surface area (Å²) in [5.41, 5.74) is 3.40. The number of hydrazine groups is 1. The molecule has 0 fully saturated rings. The molecule has 0 aliphatic rings. The first-order valence-electron chi connectivity index (χ1n) is 5.79. The van der Waals surface area contributed by atoms with Gasteiger partial charge in [-0.1, -0.05) is 23.7 Å². The third-order valence-electron chi connectivity index (χ3n) is 2.58. The van der Waals surface area contributed by atoms with Gasteiger partial charge in [0.15, 0.2) is 0 Å². The molecule has 21 heavy (non-hydrogen) atoms. The van der Waals surface area contributed by atoms with Gasteiger partial charge < -0.3 is 0 Å². The summed E-state index contributed by atoms with van der Waals surface area (Å²) < 4.78 is 26.8. The predicted octanol–water partition coefficient (Wildman–Crippen LogP) is 2.69. The van der Waals surface area contributed by atoms with Crippen molar-refractivity contribution >= 4 is 23.4 Å². The highest BCUT2D eigenvalue weighted by atomic mass is 35.5. The standard InChI is InChI=1S/C14H9ClF2N2O2/c15-8-5-6-12(17)10(7-8)14(21)19-18-13(20)9-3-1-2-4-11(9)16/h1-7H,(H,18,20)(H,19,21). The average molecular weight is 311 g/mol. The number of amides is 2. The third kappa shape index (κ3) is 3.55. The number of carbonyl (C=O) groups is 2. The Morgan fingerprint density at radius 3 is 2.10 bits per heavy atom. The van der Waals surface area contributed by atoms with E-state index in [9.17, 15) is 18.4 Å². The summed E-state index contributed by atoms with van der Waals surface area (Å²) in [4.78, 5) is 23.4. The highest BCUT2D eigenvalue weighted by Gasteiger charge is 2.15. The van der Waals surface area contributed by atoms with Gasteiger partial charge in [0.2, 0.25) is 0 Å². The Kier molecular flexibility index (Phi) is 4.49. The van der Waals surface area contributed by atoms with Crippen LogP contribution in [-0.2, 0) is 0 Å². The van der Waals surface area contributed by atoms with Gasteiger partial charge in [-0.05, 0) is 30.3 Å². The summed E-state index contributed by atoms with van der Waals surface area (Å²) in [5.74, 6) is -3.29. The van der Waals surface area contributed by atoms with E-state index in [0.29, 0.717) is 0 Å². The summed E-state index contributed by atoms with van der Waals surface area (Å²) in [6, 6.07) is 8.66. The number of carbonyl (C=O) groups excluding carboxylic acids is 2. The Morgan fingerprint density at radius 1 is 0.857 bits per heavy atom. The molecule has 0 atom stereocenters. The Labute approximate surface area is 123 Å². The quantitative estimate of drug-likeness (QED) is 0.838. The first kappa shape index (κ1) is 14.9. The molecule has 0 saturated carbocycles. The molecular formula is C14H9ClF2N2O2. The molecular weight excluding hydrogens is 302 g/mol. The molecule has 0 aromatic heterocycles. The van der Waals surface area contributed by atoms with E-state index in [-0.39, 0.29) is 16.1 Å². The van der Waals surface area contributed by atoms with Crippen LogP contribution in [0.25, 0.3) is 0 Å². The van der Waals surface area contributed by atoms with Gasteiger partial charge in [0.05, 0.1) is 11.1 Å². The fourth-order valence-corrected chi connectivity index (χ4v) is 1.74. The van der Waals surface area contributed by atoms with Gasteiger partial charge in [-0.15, -0.1) is 0 Å². The Hall–Kier alpha value is -2.47. The third-order valence-corrected chi connectivity index (χ3v) is 2.82. The minimum atomic E-state index is -0.903. The summed E-state index contributed by atoms with van der Waals surface area (Å²) in [6.07, 6.45) is 0. The van der Waals surface area contributed by atoms with Crippen molar-refractivity contribution < 1.29 is 18.4 Å². The topological polar surface area (TPSA) is 58.2 Å². The minimum Gasteiger partial charge on any atom is -0.267 e. The highest BCUT2D eigenvalue weighted by Crippen LogP contribution is 2.14. The van der Waals surface area contributed by atoms with Gasteiger partial charge in [0.1, 0.15) is 11.6 Å². The van der Waals surface area contributed by atoms with Crippen LogP contribution < -0.4 is 10.9 Å². The van der Waals surface area contributed by atoms with E-state index in [1.54, 1.807) is 0 Å². The van der Waals surface area contributed by atoms with E-state index in [0.717, 1.165) is 18.2 Å². The maximum atomic E-state index is 13.4. The van der Waals surface area contributed by atoms with Crippen molar-refractivity contribution in [2.45, 2.75) is 0 Å². The van der Waals surface area contributed by atoms with E-state index in [1.807, 2.05) is 10.9 Å². The van der Waals surface area contributed by atoms with Crippen LogP contribution in [-0.4, -0.2) is 11.8 Å². The Bertz CT molecular complexity index is 707.